The number of rotatable bonds is 12. The summed E-state index contributed by atoms with van der Waals surface area (Å²) in [5, 5.41) is 22.1. The van der Waals surface area contributed by atoms with Gasteiger partial charge in [0.05, 0.1) is 43.9 Å². The first-order valence-electron chi connectivity index (χ1n) is 12.0. The molecule has 10 nitrogen and oxygen atoms in total. The summed E-state index contributed by atoms with van der Waals surface area (Å²) >= 11 is 0. The van der Waals surface area contributed by atoms with Crippen LogP contribution in [0.1, 0.15) is 37.4 Å². The van der Waals surface area contributed by atoms with E-state index in [9.17, 15) is 15.0 Å². The topological polar surface area (TPSA) is 126 Å². The summed E-state index contributed by atoms with van der Waals surface area (Å²) in [5.41, 5.74) is 3.42. The van der Waals surface area contributed by atoms with E-state index in [4.69, 9.17) is 14.2 Å². The van der Waals surface area contributed by atoms with Gasteiger partial charge >= 0.3 is 12.1 Å². The Hall–Kier alpha value is -4.05. The zero-order valence-electron chi connectivity index (χ0n) is 20.9. The number of fused-ring (bicyclic) bond motifs is 1. The highest BCUT2D eigenvalue weighted by atomic mass is 16.5. The van der Waals surface area contributed by atoms with Crippen LogP contribution < -0.4 is 14.8 Å². The third-order valence-corrected chi connectivity index (χ3v) is 5.81. The van der Waals surface area contributed by atoms with E-state index < -0.39 is 6.09 Å². The standard InChI is InChI=1S/C27H31N4O6/c1-18(2)14-24-22-4-3-5-25(23(22)17-31(24)27(33)34)36-12-10-35-11-13-37-26-28-15-20(16-29-26)30-19-6-8-21(32)9-7-19/h3-9,15-16,24,30,32H,10-14,17H2,1-2H3,(H,33,34). The number of aromatic hydroxyl groups is 1. The minimum atomic E-state index is -0.927. The maximum absolute atomic E-state index is 11.8. The van der Waals surface area contributed by atoms with E-state index in [1.807, 2.05) is 32.0 Å². The van der Waals surface area contributed by atoms with Crippen molar-refractivity contribution in [3.8, 4) is 17.5 Å². The second-order valence-electron chi connectivity index (χ2n) is 8.90. The molecule has 195 valence electrons. The van der Waals surface area contributed by atoms with Crippen molar-refractivity contribution in [3.63, 3.8) is 0 Å². The lowest BCUT2D eigenvalue weighted by atomic mass is 9.96. The first-order valence-corrected chi connectivity index (χ1v) is 12.0. The van der Waals surface area contributed by atoms with Gasteiger partial charge in [-0.2, -0.15) is 0 Å². The van der Waals surface area contributed by atoms with Crippen LogP contribution in [-0.4, -0.2) is 57.6 Å². The molecule has 2 heterocycles. The maximum atomic E-state index is 11.8. The van der Waals surface area contributed by atoms with Gasteiger partial charge in [-0.05, 0) is 48.2 Å². The Morgan fingerprint density at radius 1 is 1.00 bits per heavy atom. The molecule has 1 aromatic heterocycles. The van der Waals surface area contributed by atoms with Crippen LogP contribution in [0.5, 0.6) is 17.5 Å². The molecular formula is C27H31N4O6. The number of aromatic nitrogens is 2. The van der Waals surface area contributed by atoms with Gasteiger partial charge < -0.3 is 29.7 Å². The van der Waals surface area contributed by atoms with Gasteiger partial charge in [0, 0.05) is 11.3 Å². The zero-order chi connectivity index (χ0) is 26.2. The third kappa shape index (κ3) is 7.01. The van der Waals surface area contributed by atoms with Crippen molar-refractivity contribution in [2.45, 2.75) is 32.9 Å². The van der Waals surface area contributed by atoms with Crippen molar-refractivity contribution in [1.82, 2.24) is 14.9 Å². The Kier molecular flexibility index (Phi) is 8.63. The second kappa shape index (κ2) is 12.3. The molecule has 1 aliphatic heterocycles. The largest absolute Gasteiger partial charge is 0.508 e. The van der Waals surface area contributed by atoms with Crippen molar-refractivity contribution in [1.29, 1.82) is 0 Å². The van der Waals surface area contributed by atoms with E-state index >= 15 is 0 Å². The highest BCUT2D eigenvalue weighted by molar-refractivity contribution is 5.68. The van der Waals surface area contributed by atoms with Crippen LogP contribution in [0.15, 0.2) is 54.9 Å². The number of benzene rings is 2. The van der Waals surface area contributed by atoms with Crippen molar-refractivity contribution in [2.24, 2.45) is 0 Å². The molecule has 1 aliphatic rings. The molecule has 10 heteroatoms. The number of hydrogen-bond acceptors (Lipinski definition) is 8. The molecule has 3 aromatic rings. The molecule has 1 radical (unpaired) electrons. The summed E-state index contributed by atoms with van der Waals surface area (Å²) in [6.07, 6.45) is 2.98. The van der Waals surface area contributed by atoms with Crippen LogP contribution in [0.25, 0.3) is 0 Å². The molecule has 0 saturated heterocycles. The minimum absolute atomic E-state index is 0.186. The van der Waals surface area contributed by atoms with Gasteiger partial charge in [-0.3, -0.25) is 4.90 Å². The number of carbonyl (C=O) groups is 1. The molecule has 4 rings (SSSR count). The fraction of sp³-hybridized carbons (Fsp3) is 0.333. The predicted octanol–water partition coefficient (Wildman–Crippen LogP) is 4.94. The smallest absolute Gasteiger partial charge is 0.408 e. The molecule has 0 aliphatic carbocycles. The molecule has 0 spiro atoms. The minimum Gasteiger partial charge on any atom is -0.508 e. The monoisotopic (exact) mass is 507 g/mol. The number of nitrogens with one attached hydrogen (secondary N) is 1. The predicted molar refractivity (Wildman–Crippen MR) is 137 cm³/mol. The van der Waals surface area contributed by atoms with Crippen LogP contribution >= 0.6 is 0 Å². The summed E-state index contributed by atoms with van der Waals surface area (Å²) in [6.45, 7) is 5.66. The van der Waals surface area contributed by atoms with Crippen molar-refractivity contribution in [3.05, 3.63) is 71.9 Å². The number of nitrogens with zero attached hydrogens (tertiary/aromatic N) is 3. The number of carboxylic acid groups (broad SMARTS) is 1. The van der Waals surface area contributed by atoms with E-state index in [2.05, 4.69) is 15.3 Å². The van der Waals surface area contributed by atoms with E-state index in [1.165, 1.54) is 10.8 Å². The van der Waals surface area contributed by atoms with Gasteiger partial charge in [-0.15, -0.1) is 0 Å². The quantitative estimate of drug-likeness (QED) is 0.231. The van der Waals surface area contributed by atoms with Crippen LogP contribution in [0.4, 0.5) is 16.2 Å². The van der Waals surface area contributed by atoms with E-state index in [0.29, 0.717) is 44.2 Å². The summed E-state index contributed by atoms with van der Waals surface area (Å²) < 4.78 is 17.0. The van der Waals surface area contributed by atoms with Gasteiger partial charge in [-0.1, -0.05) is 26.0 Å². The molecule has 0 bridgehead atoms. The lowest BCUT2D eigenvalue weighted by molar-refractivity contribution is 0.0737. The molecule has 1 atom stereocenters. The highest BCUT2D eigenvalue weighted by Gasteiger charge is 2.35. The number of phenols is 1. The van der Waals surface area contributed by atoms with E-state index in [0.717, 1.165) is 16.8 Å². The van der Waals surface area contributed by atoms with Gasteiger partial charge in [0.1, 0.15) is 24.7 Å². The van der Waals surface area contributed by atoms with Gasteiger partial charge in [0.25, 0.3) is 0 Å². The van der Waals surface area contributed by atoms with Crippen molar-refractivity contribution in [2.75, 3.05) is 31.7 Å². The van der Waals surface area contributed by atoms with Crippen LogP contribution in [0.3, 0.4) is 0 Å². The normalized spacial score (nSPS) is 14.5. The summed E-state index contributed by atoms with van der Waals surface area (Å²) in [5.74, 6) is 2.07. The molecule has 1 unspecified atom stereocenters. The Balaban J connectivity index is 1.17. The number of ether oxygens (including phenoxy) is 3. The summed E-state index contributed by atoms with van der Waals surface area (Å²) in [7, 11) is 0. The molecule has 1 amide bonds. The molecule has 3 N–H and O–H groups in total. The fourth-order valence-corrected chi connectivity index (χ4v) is 4.13. The van der Waals surface area contributed by atoms with Crippen LogP contribution in [0, 0.1) is 5.92 Å². The Morgan fingerprint density at radius 3 is 2.38 bits per heavy atom. The molecule has 0 fully saturated rings. The number of amides is 1. The first-order chi connectivity index (χ1) is 17.9. The highest BCUT2D eigenvalue weighted by Crippen LogP contribution is 2.42. The SMILES string of the molecule is C[C](C)CC1c2cccc(OCCOCCOc3ncc(Nc4ccc(O)cc4)cn3)c2CN1C(=O)O. The molecular weight excluding hydrogens is 476 g/mol. The molecule has 37 heavy (non-hydrogen) atoms. The number of hydrogen-bond donors (Lipinski definition) is 3. The Bertz CT molecular complexity index is 1170. The van der Waals surface area contributed by atoms with E-state index in [1.54, 1.807) is 36.7 Å². The van der Waals surface area contributed by atoms with Crippen LogP contribution in [-0.2, 0) is 11.3 Å². The lowest BCUT2D eigenvalue weighted by Crippen LogP contribution is -2.28. The third-order valence-electron chi connectivity index (χ3n) is 5.81. The summed E-state index contributed by atoms with van der Waals surface area (Å²) in [4.78, 5) is 21.6. The summed E-state index contributed by atoms with van der Waals surface area (Å²) in [6, 6.07) is 12.5. The zero-order valence-corrected chi connectivity index (χ0v) is 20.9. The molecule has 0 saturated carbocycles. The molecule has 2 aromatic carbocycles. The van der Waals surface area contributed by atoms with Crippen molar-refractivity contribution < 1.29 is 29.2 Å². The average molecular weight is 508 g/mol. The average Bonchev–Trinajstić information content (AvgIpc) is 3.24. The van der Waals surface area contributed by atoms with Gasteiger partial charge in [0.2, 0.25) is 0 Å². The Morgan fingerprint density at radius 2 is 1.70 bits per heavy atom. The van der Waals surface area contributed by atoms with Gasteiger partial charge in [-0.25, -0.2) is 14.8 Å². The first kappa shape index (κ1) is 26.0. The number of phenolic OH excluding ortho intramolecular Hbond substituents is 1. The second-order valence-corrected chi connectivity index (χ2v) is 8.90. The maximum Gasteiger partial charge on any atom is 0.408 e. The van der Waals surface area contributed by atoms with E-state index in [-0.39, 0.29) is 24.4 Å². The lowest BCUT2D eigenvalue weighted by Gasteiger charge is -2.23. The van der Waals surface area contributed by atoms with Crippen molar-refractivity contribution >= 4 is 17.5 Å². The Labute approximate surface area is 215 Å². The van der Waals surface area contributed by atoms with Crippen LogP contribution in [0.2, 0.25) is 0 Å². The fourth-order valence-electron chi connectivity index (χ4n) is 4.13. The number of anilines is 2. The van der Waals surface area contributed by atoms with Gasteiger partial charge in [0.15, 0.2) is 0 Å².